The molecule has 0 N–H and O–H groups in total. The molecule has 0 fully saturated rings. The van der Waals surface area contributed by atoms with E-state index in [0.29, 0.717) is 10.0 Å². The second-order valence-electron chi connectivity index (χ2n) is 3.61. The number of aromatic nitrogens is 3. The summed E-state index contributed by atoms with van der Waals surface area (Å²) in [6.07, 6.45) is 0. The molecule has 0 spiro atoms. The van der Waals surface area contributed by atoms with E-state index in [1.165, 1.54) is 22.8 Å². The third-order valence-electron chi connectivity index (χ3n) is 2.42. The SMILES string of the molecule is CCn1c(-c2cc(F)ccc2Br)nnc1S(=O)(=O)Cl. The molecule has 5 nitrogen and oxygen atoms in total. The fourth-order valence-electron chi connectivity index (χ4n) is 1.62. The van der Waals surface area contributed by atoms with Crippen molar-refractivity contribution in [2.75, 3.05) is 0 Å². The lowest BCUT2D eigenvalue weighted by Gasteiger charge is -2.07. The number of nitrogens with zero attached hydrogens (tertiary/aromatic N) is 3. The van der Waals surface area contributed by atoms with Gasteiger partial charge in [0.05, 0.1) is 0 Å². The number of hydrogen-bond donors (Lipinski definition) is 0. The molecule has 19 heavy (non-hydrogen) atoms. The molecule has 0 saturated carbocycles. The first-order chi connectivity index (χ1) is 8.84. The molecular formula is C10H8BrClFN3O2S. The predicted octanol–water partition coefficient (Wildman–Crippen LogP) is 2.79. The fraction of sp³-hybridized carbons (Fsp3) is 0.200. The zero-order valence-corrected chi connectivity index (χ0v) is 12.8. The highest BCUT2D eigenvalue weighted by Crippen LogP contribution is 2.29. The lowest BCUT2D eigenvalue weighted by molar-refractivity contribution is 0.582. The van der Waals surface area contributed by atoms with Gasteiger partial charge in [0, 0.05) is 27.3 Å². The second kappa shape index (κ2) is 5.18. The Hall–Kier alpha value is -0.990. The van der Waals surface area contributed by atoms with Crippen molar-refractivity contribution in [1.29, 1.82) is 0 Å². The van der Waals surface area contributed by atoms with Gasteiger partial charge in [0.2, 0.25) is 0 Å². The highest BCUT2D eigenvalue weighted by Gasteiger charge is 2.23. The van der Waals surface area contributed by atoms with Gasteiger partial charge in [-0.1, -0.05) is 15.9 Å². The maximum atomic E-state index is 13.3. The highest BCUT2D eigenvalue weighted by atomic mass is 79.9. The molecule has 0 aliphatic rings. The predicted molar refractivity (Wildman–Crippen MR) is 71.8 cm³/mol. The van der Waals surface area contributed by atoms with E-state index in [4.69, 9.17) is 10.7 Å². The maximum Gasteiger partial charge on any atom is 0.296 e. The van der Waals surface area contributed by atoms with Crippen LogP contribution in [0.3, 0.4) is 0 Å². The summed E-state index contributed by atoms with van der Waals surface area (Å²) in [5.41, 5.74) is 0.404. The largest absolute Gasteiger partial charge is 0.297 e. The van der Waals surface area contributed by atoms with Crippen LogP contribution in [0.25, 0.3) is 11.4 Å². The van der Waals surface area contributed by atoms with Crippen LogP contribution in [-0.4, -0.2) is 23.2 Å². The number of hydrogen-bond acceptors (Lipinski definition) is 4. The molecule has 0 saturated heterocycles. The average Bonchev–Trinajstić information content (AvgIpc) is 2.75. The van der Waals surface area contributed by atoms with E-state index < -0.39 is 14.9 Å². The van der Waals surface area contributed by atoms with Gasteiger partial charge in [0.25, 0.3) is 14.2 Å². The van der Waals surface area contributed by atoms with Crippen LogP contribution in [0.1, 0.15) is 6.92 Å². The Morgan fingerprint density at radius 1 is 1.42 bits per heavy atom. The number of rotatable bonds is 3. The van der Waals surface area contributed by atoms with Gasteiger partial charge in [-0.15, -0.1) is 10.2 Å². The van der Waals surface area contributed by atoms with Crippen molar-refractivity contribution in [3.63, 3.8) is 0 Å². The molecule has 0 amide bonds. The van der Waals surface area contributed by atoms with Crippen LogP contribution < -0.4 is 0 Å². The van der Waals surface area contributed by atoms with E-state index in [-0.39, 0.29) is 17.5 Å². The van der Waals surface area contributed by atoms with Crippen LogP contribution >= 0.6 is 26.6 Å². The topological polar surface area (TPSA) is 64.8 Å². The van der Waals surface area contributed by atoms with Crippen LogP contribution in [0.15, 0.2) is 27.8 Å². The number of benzene rings is 1. The summed E-state index contributed by atoms with van der Waals surface area (Å²) >= 11 is 3.26. The van der Waals surface area contributed by atoms with Gasteiger partial charge in [0.1, 0.15) is 5.82 Å². The van der Waals surface area contributed by atoms with E-state index in [9.17, 15) is 12.8 Å². The quantitative estimate of drug-likeness (QED) is 0.782. The summed E-state index contributed by atoms with van der Waals surface area (Å²) in [6.45, 7) is 2.00. The monoisotopic (exact) mass is 367 g/mol. The smallest absolute Gasteiger partial charge is 0.296 e. The molecule has 1 heterocycles. The van der Waals surface area contributed by atoms with Crippen molar-refractivity contribution in [1.82, 2.24) is 14.8 Å². The zero-order chi connectivity index (χ0) is 14.2. The summed E-state index contributed by atoms with van der Waals surface area (Å²) in [4.78, 5) is 0. The van der Waals surface area contributed by atoms with E-state index in [0.717, 1.165) is 0 Å². The van der Waals surface area contributed by atoms with Crippen molar-refractivity contribution in [2.45, 2.75) is 18.6 Å². The van der Waals surface area contributed by atoms with Crippen LogP contribution in [0.2, 0.25) is 0 Å². The molecule has 0 unspecified atom stereocenters. The molecule has 102 valence electrons. The molecule has 0 aliphatic heterocycles. The summed E-state index contributed by atoms with van der Waals surface area (Å²) in [5, 5.41) is 6.97. The first-order valence-corrected chi connectivity index (χ1v) is 8.28. The van der Waals surface area contributed by atoms with Gasteiger partial charge < -0.3 is 0 Å². The van der Waals surface area contributed by atoms with Gasteiger partial charge in [-0.05, 0) is 25.1 Å². The summed E-state index contributed by atoms with van der Waals surface area (Å²) in [5.74, 6) is -0.229. The van der Waals surface area contributed by atoms with E-state index in [1.807, 2.05) is 0 Å². The molecule has 9 heteroatoms. The Labute approximate surface area is 122 Å². The van der Waals surface area contributed by atoms with Crippen LogP contribution in [0.4, 0.5) is 4.39 Å². The molecule has 0 aliphatic carbocycles. The Morgan fingerprint density at radius 3 is 2.68 bits per heavy atom. The molecule has 0 bridgehead atoms. The lowest BCUT2D eigenvalue weighted by atomic mass is 10.2. The minimum absolute atomic E-state index is 0.230. The van der Waals surface area contributed by atoms with Gasteiger partial charge in [-0.2, -0.15) is 0 Å². The van der Waals surface area contributed by atoms with Crippen LogP contribution in [0.5, 0.6) is 0 Å². The Balaban J connectivity index is 2.70. The minimum Gasteiger partial charge on any atom is -0.297 e. The third kappa shape index (κ3) is 2.80. The lowest BCUT2D eigenvalue weighted by Crippen LogP contribution is -2.06. The zero-order valence-electron chi connectivity index (χ0n) is 9.64. The van der Waals surface area contributed by atoms with Gasteiger partial charge in [0.15, 0.2) is 5.82 Å². The van der Waals surface area contributed by atoms with E-state index in [2.05, 4.69) is 26.1 Å². The maximum absolute atomic E-state index is 13.3. The van der Waals surface area contributed by atoms with Crippen LogP contribution in [0, 0.1) is 5.82 Å². The average molecular weight is 369 g/mol. The minimum atomic E-state index is -4.00. The highest BCUT2D eigenvalue weighted by molar-refractivity contribution is 9.10. The van der Waals surface area contributed by atoms with Gasteiger partial charge >= 0.3 is 0 Å². The Bertz CT molecular complexity index is 732. The molecule has 1 aromatic heterocycles. The van der Waals surface area contributed by atoms with Crippen molar-refractivity contribution in [3.05, 3.63) is 28.5 Å². The molecular weight excluding hydrogens is 361 g/mol. The van der Waals surface area contributed by atoms with E-state index >= 15 is 0 Å². The van der Waals surface area contributed by atoms with E-state index in [1.54, 1.807) is 6.92 Å². The number of halogens is 3. The molecule has 2 rings (SSSR count). The summed E-state index contributed by atoms with van der Waals surface area (Å²) in [6, 6.07) is 4.03. The van der Waals surface area contributed by atoms with Gasteiger partial charge in [-0.3, -0.25) is 4.57 Å². The van der Waals surface area contributed by atoms with Crippen molar-refractivity contribution >= 4 is 35.7 Å². The first-order valence-electron chi connectivity index (χ1n) is 5.18. The van der Waals surface area contributed by atoms with Crippen molar-refractivity contribution in [3.8, 4) is 11.4 Å². The summed E-state index contributed by atoms with van der Waals surface area (Å²) in [7, 11) is 1.27. The molecule has 0 atom stereocenters. The van der Waals surface area contributed by atoms with Crippen molar-refractivity contribution in [2.24, 2.45) is 0 Å². The normalized spacial score (nSPS) is 11.8. The molecule has 1 aromatic carbocycles. The molecule has 0 radical (unpaired) electrons. The molecule has 2 aromatic rings. The van der Waals surface area contributed by atoms with Crippen molar-refractivity contribution < 1.29 is 12.8 Å². The fourth-order valence-corrected chi connectivity index (χ4v) is 3.01. The Kier molecular flexibility index (Phi) is 3.93. The standard InChI is InChI=1S/C10H8BrClFN3O2S/c1-2-16-9(14-15-10(16)19(12,17)18)7-5-6(13)3-4-8(7)11/h3-5H,2H2,1H3. The van der Waals surface area contributed by atoms with Gasteiger partial charge in [-0.25, -0.2) is 12.8 Å². The Morgan fingerprint density at radius 2 is 2.11 bits per heavy atom. The third-order valence-corrected chi connectivity index (χ3v) is 4.26. The second-order valence-corrected chi connectivity index (χ2v) is 6.93. The summed E-state index contributed by atoms with van der Waals surface area (Å²) < 4.78 is 37.9. The first kappa shape index (κ1) is 14.4. The van der Waals surface area contributed by atoms with Crippen LogP contribution in [-0.2, 0) is 15.6 Å².